The van der Waals surface area contributed by atoms with E-state index in [1.54, 1.807) is 0 Å². The Balaban J connectivity index is 2.22. The molecule has 1 N–H and O–H groups in total. The van der Waals surface area contributed by atoms with E-state index >= 15 is 0 Å². The second-order valence-corrected chi connectivity index (χ2v) is 4.30. The van der Waals surface area contributed by atoms with E-state index in [9.17, 15) is 0 Å². The molecule has 0 saturated carbocycles. The molecule has 1 fully saturated rings. The SMILES string of the molecule is CC1(c2c[nH]c3ccccc23)COC1. The van der Waals surface area contributed by atoms with Crippen LogP contribution in [0.25, 0.3) is 10.9 Å². The van der Waals surface area contributed by atoms with Crippen molar-refractivity contribution in [3.8, 4) is 0 Å². The largest absolute Gasteiger partial charge is 0.379 e. The van der Waals surface area contributed by atoms with Crippen LogP contribution in [0, 0.1) is 0 Å². The maximum atomic E-state index is 5.30. The quantitative estimate of drug-likeness (QED) is 0.728. The van der Waals surface area contributed by atoms with E-state index in [0.717, 1.165) is 13.2 Å². The van der Waals surface area contributed by atoms with Crippen LogP contribution in [0.2, 0.25) is 0 Å². The molecule has 0 amide bonds. The number of hydrogen-bond acceptors (Lipinski definition) is 1. The van der Waals surface area contributed by atoms with Crippen LogP contribution in [0.1, 0.15) is 12.5 Å². The fourth-order valence-electron chi connectivity index (χ4n) is 2.13. The molecule has 1 aliphatic heterocycles. The topological polar surface area (TPSA) is 25.0 Å². The average Bonchev–Trinajstić information content (AvgIpc) is 2.58. The molecule has 2 nitrogen and oxygen atoms in total. The summed E-state index contributed by atoms with van der Waals surface area (Å²) in [7, 11) is 0. The van der Waals surface area contributed by atoms with Gasteiger partial charge in [-0.25, -0.2) is 0 Å². The Bertz CT molecular complexity index is 468. The number of aromatic amines is 1. The number of ether oxygens (including phenoxy) is 1. The standard InChI is InChI=1S/C12H13NO/c1-12(7-14-8-12)10-6-13-11-5-3-2-4-9(10)11/h2-6,13H,7-8H2,1H3. The molecule has 0 spiro atoms. The Morgan fingerprint density at radius 3 is 2.79 bits per heavy atom. The molecule has 0 aliphatic carbocycles. The molecule has 1 aliphatic rings. The summed E-state index contributed by atoms with van der Waals surface area (Å²) in [5.74, 6) is 0. The van der Waals surface area contributed by atoms with Gasteiger partial charge in [0.15, 0.2) is 0 Å². The van der Waals surface area contributed by atoms with E-state index in [2.05, 4.69) is 42.4 Å². The first kappa shape index (κ1) is 8.06. The maximum absolute atomic E-state index is 5.30. The summed E-state index contributed by atoms with van der Waals surface area (Å²) in [6.45, 7) is 3.94. The van der Waals surface area contributed by atoms with Crippen LogP contribution in [0.5, 0.6) is 0 Å². The lowest BCUT2D eigenvalue weighted by Crippen LogP contribution is -2.43. The van der Waals surface area contributed by atoms with Gasteiger partial charge in [0.2, 0.25) is 0 Å². The number of nitrogens with one attached hydrogen (secondary N) is 1. The van der Waals surface area contributed by atoms with Gasteiger partial charge in [0.05, 0.1) is 13.2 Å². The number of H-pyrrole nitrogens is 1. The third-order valence-electron chi connectivity index (χ3n) is 3.08. The van der Waals surface area contributed by atoms with Crippen molar-refractivity contribution in [1.29, 1.82) is 0 Å². The molecule has 0 unspecified atom stereocenters. The number of para-hydroxylation sites is 1. The second-order valence-electron chi connectivity index (χ2n) is 4.30. The smallest absolute Gasteiger partial charge is 0.0583 e. The minimum absolute atomic E-state index is 0.222. The van der Waals surface area contributed by atoms with Gasteiger partial charge in [0.1, 0.15) is 0 Å². The van der Waals surface area contributed by atoms with Crippen molar-refractivity contribution in [1.82, 2.24) is 4.98 Å². The normalized spacial score (nSPS) is 19.5. The summed E-state index contributed by atoms with van der Waals surface area (Å²) in [6.07, 6.45) is 2.12. The Morgan fingerprint density at radius 2 is 2.07 bits per heavy atom. The summed E-state index contributed by atoms with van der Waals surface area (Å²) < 4.78 is 5.30. The lowest BCUT2D eigenvalue weighted by molar-refractivity contribution is -0.0492. The van der Waals surface area contributed by atoms with Crippen molar-refractivity contribution in [2.45, 2.75) is 12.3 Å². The van der Waals surface area contributed by atoms with E-state index < -0.39 is 0 Å². The average molecular weight is 187 g/mol. The fraction of sp³-hybridized carbons (Fsp3) is 0.333. The number of rotatable bonds is 1. The molecule has 2 heterocycles. The summed E-state index contributed by atoms with van der Waals surface area (Å²) in [5.41, 5.74) is 2.83. The van der Waals surface area contributed by atoms with Gasteiger partial charge in [-0.05, 0) is 11.6 Å². The van der Waals surface area contributed by atoms with Crippen LogP contribution in [0.15, 0.2) is 30.5 Å². The van der Waals surface area contributed by atoms with Crippen molar-refractivity contribution >= 4 is 10.9 Å². The predicted octanol–water partition coefficient (Wildman–Crippen LogP) is 2.46. The van der Waals surface area contributed by atoms with Crippen LogP contribution in [0.4, 0.5) is 0 Å². The Kier molecular flexibility index (Phi) is 1.50. The first-order chi connectivity index (χ1) is 6.80. The zero-order chi connectivity index (χ0) is 9.60. The Labute approximate surface area is 82.9 Å². The molecule has 0 radical (unpaired) electrons. The predicted molar refractivity (Wildman–Crippen MR) is 56.5 cm³/mol. The van der Waals surface area contributed by atoms with Gasteiger partial charge in [-0.15, -0.1) is 0 Å². The van der Waals surface area contributed by atoms with E-state index in [1.165, 1.54) is 16.5 Å². The number of aromatic nitrogens is 1. The Morgan fingerprint density at radius 1 is 1.29 bits per heavy atom. The summed E-state index contributed by atoms with van der Waals surface area (Å²) in [4.78, 5) is 3.31. The first-order valence-corrected chi connectivity index (χ1v) is 4.94. The van der Waals surface area contributed by atoms with Crippen LogP contribution in [-0.4, -0.2) is 18.2 Å². The molecule has 3 rings (SSSR count). The minimum atomic E-state index is 0.222. The van der Waals surface area contributed by atoms with E-state index in [-0.39, 0.29) is 5.41 Å². The second kappa shape index (κ2) is 2.61. The molecule has 0 atom stereocenters. The third-order valence-corrected chi connectivity index (χ3v) is 3.08. The van der Waals surface area contributed by atoms with E-state index in [4.69, 9.17) is 4.74 Å². The lowest BCUT2D eigenvalue weighted by atomic mass is 9.81. The molecule has 1 aromatic carbocycles. The highest BCUT2D eigenvalue weighted by molar-refractivity contribution is 5.84. The highest BCUT2D eigenvalue weighted by Gasteiger charge is 2.36. The highest BCUT2D eigenvalue weighted by Crippen LogP contribution is 2.36. The molecule has 72 valence electrons. The van der Waals surface area contributed by atoms with Crippen molar-refractivity contribution in [3.05, 3.63) is 36.0 Å². The van der Waals surface area contributed by atoms with E-state index in [0.29, 0.717) is 0 Å². The first-order valence-electron chi connectivity index (χ1n) is 4.94. The van der Waals surface area contributed by atoms with Crippen molar-refractivity contribution < 1.29 is 4.74 Å². The Hall–Kier alpha value is -1.28. The third kappa shape index (κ3) is 0.946. The maximum Gasteiger partial charge on any atom is 0.0583 e. The highest BCUT2D eigenvalue weighted by atomic mass is 16.5. The number of hydrogen-bond donors (Lipinski definition) is 1. The lowest BCUT2D eigenvalue weighted by Gasteiger charge is -2.38. The van der Waals surface area contributed by atoms with Gasteiger partial charge in [0, 0.05) is 22.5 Å². The van der Waals surface area contributed by atoms with Crippen molar-refractivity contribution in [3.63, 3.8) is 0 Å². The number of benzene rings is 1. The molecule has 1 saturated heterocycles. The number of fused-ring (bicyclic) bond motifs is 1. The van der Waals surface area contributed by atoms with Crippen molar-refractivity contribution in [2.24, 2.45) is 0 Å². The van der Waals surface area contributed by atoms with Crippen molar-refractivity contribution in [2.75, 3.05) is 13.2 Å². The van der Waals surface area contributed by atoms with Crippen LogP contribution in [0.3, 0.4) is 0 Å². The monoisotopic (exact) mass is 187 g/mol. The molecule has 2 aromatic rings. The van der Waals surface area contributed by atoms with Crippen LogP contribution in [-0.2, 0) is 10.2 Å². The summed E-state index contributed by atoms with van der Waals surface area (Å²) >= 11 is 0. The van der Waals surface area contributed by atoms with Crippen LogP contribution >= 0.6 is 0 Å². The van der Waals surface area contributed by atoms with Gasteiger partial charge < -0.3 is 9.72 Å². The molecular weight excluding hydrogens is 174 g/mol. The summed E-state index contributed by atoms with van der Waals surface area (Å²) in [5, 5.41) is 1.33. The molecule has 14 heavy (non-hydrogen) atoms. The molecule has 1 aromatic heterocycles. The summed E-state index contributed by atoms with van der Waals surface area (Å²) in [6, 6.07) is 8.43. The van der Waals surface area contributed by atoms with Gasteiger partial charge in [-0.3, -0.25) is 0 Å². The molecule has 2 heteroatoms. The fourth-order valence-corrected chi connectivity index (χ4v) is 2.13. The molecule has 0 bridgehead atoms. The van der Waals surface area contributed by atoms with E-state index in [1.807, 2.05) is 0 Å². The molecular formula is C12H13NO. The zero-order valence-electron chi connectivity index (χ0n) is 8.21. The van der Waals surface area contributed by atoms with Gasteiger partial charge >= 0.3 is 0 Å². The van der Waals surface area contributed by atoms with Gasteiger partial charge in [-0.2, -0.15) is 0 Å². The van der Waals surface area contributed by atoms with Gasteiger partial charge in [-0.1, -0.05) is 25.1 Å². The zero-order valence-corrected chi connectivity index (χ0v) is 8.21. The van der Waals surface area contributed by atoms with Crippen LogP contribution < -0.4 is 0 Å². The minimum Gasteiger partial charge on any atom is -0.379 e. The van der Waals surface area contributed by atoms with Gasteiger partial charge in [0.25, 0.3) is 0 Å².